The first-order valence-electron chi connectivity index (χ1n) is 6.61. The predicted molar refractivity (Wildman–Crippen MR) is 71.1 cm³/mol. The summed E-state index contributed by atoms with van der Waals surface area (Å²) in [5.41, 5.74) is 2.64. The van der Waals surface area contributed by atoms with Crippen LogP contribution in [0.1, 0.15) is 36.9 Å². The molecule has 0 bridgehead atoms. The quantitative estimate of drug-likeness (QED) is 0.815. The molecule has 0 saturated heterocycles. The Morgan fingerprint density at radius 2 is 1.94 bits per heavy atom. The first-order chi connectivity index (χ1) is 8.26. The van der Waals surface area contributed by atoms with Crippen LogP contribution in [0.3, 0.4) is 0 Å². The normalized spacial score (nSPS) is 19.0. The lowest BCUT2D eigenvalue weighted by Crippen LogP contribution is -2.33. The largest absolute Gasteiger partial charge is 0.376 e. The van der Waals surface area contributed by atoms with Crippen molar-refractivity contribution in [1.29, 1.82) is 0 Å². The van der Waals surface area contributed by atoms with E-state index in [1.165, 1.54) is 24.0 Å². The van der Waals surface area contributed by atoms with Crippen LogP contribution in [-0.2, 0) is 4.74 Å². The van der Waals surface area contributed by atoms with Crippen LogP contribution < -0.4 is 5.32 Å². The van der Waals surface area contributed by atoms with Crippen molar-refractivity contribution in [3.05, 3.63) is 35.4 Å². The SMILES string of the molecule is CCOC(C1CC1)C(NC)c1ccc(C)cc1. The molecule has 0 aromatic heterocycles. The molecule has 2 unspecified atom stereocenters. The van der Waals surface area contributed by atoms with E-state index in [-0.39, 0.29) is 0 Å². The maximum absolute atomic E-state index is 5.94. The van der Waals surface area contributed by atoms with Crippen molar-refractivity contribution in [2.45, 2.75) is 38.8 Å². The molecule has 2 heteroatoms. The first kappa shape index (κ1) is 12.6. The van der Waals surface area contributed by atoms with E-state index in [2.05, 4.69) is 43.4 Å². The highest BCUT2D eigenvalue weighted by molar-refractivity contribution is 5.25. The summed E-state index contributed by atoms with van der Waals surface area (Å²) >= 11 is 0. The number of rotatable bonds is 6. The van der Waals surface area contributed by atoms with Crippen LogP contribution in [0.2, 0.25) is 0 Å². The van der Waals surface area contributed by atoms with E-state index >= 15 is 0 Å². The van der Waals surface area contributed by atoms with E-state index in [9.17, 15) is 0 Å². The molecule has 0 amide bonds. The monoisotopic (exact) mass is 233 g/mol. The molecule has 1 aromatic rings. The van der Waals surface area contributed by atoms with Crippen molar-refractivity contribution in [3.8, 4) is 0 Å². The molecule has 1 aromatic carbocycles. The van der Waals surface area contributed by atoms with Crippen molar-refractivity contribution >= 4 is 0 Å². The molecule has 0 heterocycles. The molecule has 0 aliphatic heterocycles. The zero-order chi connectivity index (χ0) is 12.3. The van der Waals surface area contributed by atoms with Gasteiger partial charge in [0, 0.05) is 6.61 Å². The molecular weight excluding hydrogens is 210 g/mol. The second-order valence-electron chi connectivity index (χ2n) is 4.93. The summed E-state index contributed by atoms with van der Waals surface area (Å²) in [6.45, 7) is 5.00. The number of nitrogens with one attached hydrogen (secondary N) is 1. The summed E-state index contributed by atoms with van der Waals surface area (Å²) < 4.78 is 5.94. The Morgan fingerprint density at radius 1 is 1.29 bits per heavy atom. The van der Waals surface area contributed by atoms with Crippen LogP contribution in [0.25, 0.3) is 0 Å². The molecule has 94 valence electrons. The van der Waals surface area contributed by atoms with Gasteiger partial charge in [-0.05, 0) is 45.2 Å². The topological polar surface area (TPSA) is 21.3 Å². The van der Waals surface area contributed by atoms with Gasteiger partial charge >= 0.3 is 0 Å². The Kier molecular flexibility index (Phi) is 4.19. The summed E-state index contributed by atoms with van der Waals surface area (Å²) in [5.74, 6) is 0.744. The second-order valence-corrected chi connectivity index (χ2v) is 4.93. The van der Waals surface area contributed by atoms with Crippen LogP contribution in [0.4, 0.5) is 0 Å². The molecule has 1 aliphatic rings. The summed E-state index contributed by atoms with van der Waals surface area (Å²) in [6.07, 6.45) is 2.95. The van der Waals surface area contributed by atoms with Gasteiger partial charge in [-0.25, -0.2) is 0 Å². The van der Waals surface area contributed by atoms with Crippen LogP contribution in [0.5, 0.6) is 0 Å². The molecule has 1 aliphatic carbocycles. The predicted octanol–water partition coefficient (Wildman–Crippen LogP) is 3.07. The lowest BCUT2D eigenvalue weighted by Gasteiger charge is -2.27. The highest BCUT2D eigenvalue weighted by atomic mass is 16.5. The van der Waals surface area contributed by atoms with Crippen molar-refractivity contribution in [1.82, 2.24) is 5.32 Å². The fourth-order valence-corrected chi connectivity index (χ4v) is 2.42. The Morgan fingerprint density at radius 3 is 2.41 bits per heavy atom. The van der Waals surface area contributed by atoms with Gasteiger partial charge in [0.25, 0.3) is 0 Å². The van der Waals surface area contributed by atoms with Crippen LogP contribution in [0, 0.1) is 12.8 Å². The minimum atomic E-state index is 0.322. The Balaban J connectivity index is 2.15. The van der Waals surface area contributed by atoms with Crippen molar-refractivity contribution in [3.63, 3.8) is 0 Å². The molecule has 1 saturated carbocycles. The van der Waals surface area contributed by atoms with E-state index < -0.39 is 0 Å². The molecule has 2 nitrogen and oxygen atoms in total. The Bertz CT molecular complexity index is 342. The third kappa shape index (κ3) is 3.08. The summed E-state index contributed by atoms with van der Waals surface area (Å²) in [6, 6.07) is 9.10. The molecule has 0 radical (unpaired) electrons. The molecule has 0 spiro atoms. The Labute approximate surface area is 104 Å². The van der Waals surface area contributed by atoms with Crippen molar-refractivity contribution in [2.24, 2.45) is 5.92 Å². The van der Waals surface area contributed by atoms with Gasteiger partial charge in [0.2, 0.25) is 0 Å². The lowest BCUT2D eigenvalue weighted by atomic mass is 9.97. The fraction of sp³-hybridized carbons (Fsp3) is 0.600. The van der Waals surface area contributed by atoms with Gasteiger partial charge < -0.3 is 10.1 Å². The van der Waals surface area contributed by atoms with Gasteiger partial charge in [-0.2, -0.15) is 0 Å². The number of likely N-dealkylation sites (N-methyl/N-ethyl adjacent to an activating group) is 1. The van der Waals surface area contributed by atoms with E-state index in [0.717, 1.165) is 12.5 Å². The zero-order valence-corrected chi connectivity index (χ0v) is 11.1. The number of benzene rings is 1. The smallest absolute Gasteiger partial charge is 0.0797 e. The number of ether oxygens (including phenoxy) is 1. The third-order valence-corrected chi connectivity index (χ3v) is 3.52. The van der Waals surface area contributed by atoms with Crippen molar-refractivity contribution in [2.75, 3.05) is 13.7 Å². The van der Waals surface area contributed by atoms with Gasteiger partial charge in [0.15, 0.2) is 0 Å². The standard InChI is InChI=1S/C15H23NO/c1-4-17-15(13-9-10-13)14(16-3)12-7-5-11(2)6-8-12/h5-8,13-16H,4,9-10H2,1-3H3. The average Bonchev–Trinajstić information content (AvgIpc) is 3.15. The van der Waals surface area contributed by atoms with Gasteiger partial charge in [0.1, 0.15) is 0 Å². The highest BCUT2D eigenvalue weighted by Crippen LogP contribution is 2.39. The molecule has 1 N–H and O–H groups in total. The average molecular weight is 233 g/mol. The lowest BCUT2D eigenvalue weighted by molar-refractivity contribution is 0.0205. The molecule has 2 atom stereocenters. The Hall–Kier alpha value is -0.860. The van der Waals surface area contributed by atoms with Gasteiger partial charge in [-0.1, -0.05) is 29.8 Å². The van der Waals surface area contributed by atoms with E-state index in [1.54, 1.807) is 0 Å². The molecule has 1 fully saturated rings. The van der Waals surface area contributed by atoms with Crippen LogP contribution in [0.15, 0.2) is 24.3 Å². The molecule has 17 heavy (non-hydrogen) atoms. The number of hydrogen-bond acceptors (Lipinski definition) is 2. The number of hydrogen-bond donors (Lipinski definition) is 1. The minimum Gasteiger partial charge on any atom is -0.376 e. The highest BCUT2D eigenvalue weighted by Gasteiger charge is 2.37. The van der Waals surface area contributed by atoms with Gasteiger partial charge in [-0.3, -0.25) is 0 Å². The molecule has 2 rings (SSSR count). The first-order valence-corrected chi connectivity index (χ1v) is 6.61. The number of aryl methyl sites for hydroxylation is 1. The maximum Gasteiger partial charge on any atom is 0.0797 e. The maximum atomic E-state index is 5.94. The van der Waals surface area contributed by atoms with Crippen molar-refractivity contribution < 1.29 is 4.74 Å². The second kappa shape index (κ2) is 5.65. The summed E-state index contributed by atoms with van der Waals surface area (Å²) in [7, 11) is 2.03. The fourth-order valence-electron chi connectivity index (χ4n) is 2.42. The van der Waals surface area contributed by atoms with Crippen LogP contribution >= 0.6 is 0 Å². The third-order valence-electron chi connectivity index (χ3n) is 3.52. The van der Waals surface area contributed by atoms with Gasteiger partial charge in [-0.15, -0.1) is 0 Å². The minimum absolute atomic E-state index is 0.322. The zero-order valence-electron chi connectivity index (χ0n) is 11.1. The van der Waals surface area contributed by atoms with E-state index in [0.29, 0.717) is 12.1 Å². The van der Waals surface area contributed by atoms with E-state index in [4.69, 9.17) is 4.74 Å². The molecular formula is C15H23NO. The van der Waals surface area contributed by atoms with Crippen LogP contribution in [-0.4, -0.2) is 19.8 Å². The van der Waals surface area contributed by atoms with E-state index in [1.807, 2.05) is 7.05 Å². The van der Waals surface area contributed by atoms with Gasteiger partial charge in [0.05, 0.1) is 12.1 Å². The summed E-state index contributed by atoms with van der Waals surface area (Å²) in [5, 5.41) is 3.42. The summed E-state index contributed by atoms with van der Waals surface area (Å²) in [4.78, 5) is 0.